The molecule has 0 bridgehead atoms. The molecule has 6 rings (SSSR count). The molecule has 0 aliphatic carbocycles. The molecule has 0 unspecified atom stereocenters. The summed E-state index contributed by atoms with van der Waals surface area (Å²) in [5, 5.41) is 5.88. The second-order valence-corrected chi connectivity index (χ2v) is 11.2. The van der Waals surface area contributed by atoms with Crippen LogP contribution in [-0.2, 0) is 6.54 Å². The average molecular weight is 533 g/mol. The summed E-state index contributed by atoms with van der Waals surface area (Å²) in [6, 6.07) is 11.3. The molecule has 3 aromatic heterocycles. The Morgan fingerprint density at radius 1 is 1.13 bits per heavy atom. The van der Waals surface area contributed by atoms with Crippen molar-refractivity contribution in [1.29, 1.82) is 0 Å². The number of primary amides is 1. The molecule has 2 saturated heterocycles. The minimum Gasteiger partial charge on any atom is -0.453 e. The number of carbonyl (C=O) groups is 1. The third-order valence-electron chi connectivity index (χ3n) is 7.53. The Morgan fingerprint density at radius 3 is 2.71 bits per heavy atom. The van der Waals surface area contributed by atoms with E-state index in [2.05, 4.69) is 32.7 Å². The van der Waals surface area contributed by atoms with E-state index < -0.39 is 11.8 Å². The van der Waals surface area contributed by atoms with Gasteiger partial charge < -0.3 is 21.1 Å². The molecule has 1 spiro atoms. The third-order valence-corrected chi connectivity index (χ3v) is 8.69. The molecular formula is C28H29FN6O2S. The first-order chi connectivity index (χ1) is 18.5. The predicted octanol–water partition coefficient (Wildman–Crippen LogP) is 5.36. The Kier molecular flexibility index (Phi) is 6.69. The second-order valence-electron chi connectivity index (χ2n) is 10.1. The molecule has 0 radical (unpaired) electrons. The number of rotatable bonds is 6. The fourth-order valence-electron chi connectivity index (χ4n) is 5.37. The Bertz CT molecular complexity index is 1460. The molecule has 10 heteroatoms. The summed E-state index contributed by atoms with van der Waals surface area (Å²) in [6.45, 7) is 5.52. The highest BCUT2D eigenvalue weighted by Gasteiger charge is 2.36. The van der Waals surface area contributed by atoms with Crippen molar-refractivity contribution in [1.82, 2.24) is 20.2 Å². The van der Waals surface area contributed by atoms with E-state index in [1.807, 2.05) is 12.3 Å². The zero-order valence-electron chi connectivity index (χ0n) is 20.9. The smallest absolute Gasteiger partial charge is 0.316 e. The molecule has 2 amide bonds. The van der Waals surface area contributed by atoms with Gasteiger partial charge >= 0.3 is 6.03 Å². The summed E-state index contributed by atoms with van der Waals surface area (Å²) >= 11 is 1.50. The molecule has 0 atom stereocenters. The normalized spacial score (nSPS) is 17.2. The number of amides is 2. The number of nitrogens with zero attached hydrogens (tertiary/aromatic N) is 3. The van der Waals surface area contributed by atoms with Gasteiger partial charge in [0.05, 0.1) is 20.8 Å². The van der Waals surface area contributed by atoms with Gasteiger partial charge in [-0.3, -0.25) is 14.9 Å². The maximum atomic E-state index is 14.6. The largest absolute Gasteiger partial charge is 0.453 e. The summed E-state index contributed by atoms with van der Waals surface area (Å²) in [5.41, 5.74) is 8.71. The molecule has 38 heavy (non-hydrogen) atoms. The van der Waals surface area contributed by atoms with Crippen LogP contribution in [0.4, 0.5) is 14.9 Å². The lowest BCUT2D eigenvalue weighted by Gasteiger charge is -2.38. The first-order valence-electron chi connectivity index (χ1n) is 12.8. The molecule has 2 aliphatic rings. The lowest BCUT2D eigenvalue weighted by atomic mass is 9.78. The summed E-state index contributed by atoms with van der Waals surface area (Å²) in [5.74, 6) is -0.0745. The van der Waals surface area contributed by atoms with E-state index in [0.717, 1.165) is 53.0 Å². The molecule has 5 heterocycles. The number of carbonyl (C=O) groups excluding carboxylic acids is 1. The maximum Gasteiger partial charge on any atom is 0.316 e. The number of fused-ring (bicyclic) bond motifs is 1. The number of hydrogen-bond acceptors (Lipinski definition) is 7. The van der Waals surface area contributed by atoms with Gasteiger partial charge in [0, 0.05) is 43.3 Å². The monoisotopic (exact) mass is 532 g/mol. The SMILES string of the molecule is NC(=O)Nc1ccc(Oc2ccnc3cc(-c4ccc(CN5CCC6(CCNC6)CC5)cn4)sc23)c(F)c1. The number of hydrogen-bond donors (Lipinski definition) is 3. The molecular weight excluding hydrogens is 503 g/mol. The zero-order chi connectivity index (χ0) is 26.1. The lowest BCUT2D eigenvalue weighted by Crippen LogP contribution is -2.40. The van der Waals surface area contributed by atoms with E-state index in [1.165, 1.54) is 54.8 Å². The van der Waals surface area contributed by atoms with Gasteiger partial charge in [-0.15, -0.1) is 11.3 Å². The van der Waals surface area contributed by atoms with Crippen LogP contribution >= 0.6 is 11.3 Å². The summed E-state index contributed by atoms with van der Waals surface area (Å²) < 4.78 is 21.3. The van der Waals surface area contributed by atoms with Crippen molar-refractivity contribution in [3.05, 3.63) is 66.2 Å². The van der Waals surface area contributed by atoms with Crippen LogP contribution in [-0.4, -0.2) is 47.1 Å². The maximum absolute atomic E-state index is 14.6. The molecule has 8 nitrogen and oxygen atoms in total. The predicted molar refractivity (Wildman–Crippen MR) is 147 cm³/mol. The highest BCUT2D eigenvalue weighted by molar-refractivity contribution is 7.22. The van der Waals surface area contributed by atoms with Crippen LogP contribution in [0.25, 0.3) is 20.8 Å². The van der Waals surface area contributed by atoms with E-state index in [1.54, 1.807) is 12.3 Å². The van der Waals surface area contributed by atoms with Crippen molar-refractivity contribution in [2.45, 2.75) is 25.8 Å². The van der Waals surface area contributed by atoms with Crippen molar-refractivity contribution in [2.24, 2.45) is 11.1 Å². The Labute approximate surface area is 224 Å². The van der Waals surface area contributed by atoms with E-state index in [-0.39, 0.29) is 11.4 Å². The van der Waals surface area contributed by atoms with Crippen LogP contribution < -0.4 is 21.1 Å². The highest BCUT2D eigenvalue weighted by Crippen LogP contribution is 2.40. The van der Waals surface area contributed by atoms with Gasteiger partial charge in [0.15, 0.2) is 11.6 Å². The molecule has 0 saturated carbocycles. The minimum atomic E-state index is -0.761. The second kappa shape index (κ2) is 10.3. The van der Waals surface area contributed by atoms with Crippen LogP contribution in [0, 0.1) is 11.2 Å². The van der Waals surface area contributed by atoms with E-state index in [4.69, 9.17) is 15.5 Å². The highest BCUT2D eigenvalue weighted by atomic mass is 32.1. The number of likely N-dealkylation sites (tertiary alicyclic amines) is 1. The topological polar surface area (TPSA) is 105 Å². The summed E-state index contributed by atoms with van der Waals surface area (Å²) in [4.78, 5) is 23.7. The van der Waals surface area contributed by atoms with Gasteiger partial charge in [-0.25, -0.2) is 9.18 Å². The van der Waals surface area contributed by atoms with Gasteiger partial charge in [0.1, 0.15) is 5.75 Å². The van der Waals surface area contributed by atoms with Gasteiger partial charge in [0.2, 0.25) is 0 Å². The van der Waals surface area contributed by atoms with Crippen LogP contribution in [0.2, 0.25) is 0 Å². The van der Waals surface area contributed by atoms with E-state index >= 15 is 0 Å². The standard InChI is InChI=1S/C28H29FN6O2S/c29-20-13-19(34-27(30)36)2-4-23(20)37-24-5-9-32-22-14-25(38-26(22)24)21-3-1-18(15-33-21)16-35-11-7-28(8-12-35)6-10-31-17-28/h1-5,9,13-15,31H,6-8,10-12,16-17H2,(H3,30,34,36). The molecule has 4 aromatic rings. The zero-order valence-corrected chi connectivity index (χ0v) is 21.7. The number of urea groups is 1. The molecule has 1 aromatic carbocycles. The first kappa shape index (κ1) is 24.7. The fraction of sp³-hybridized carbons (Fsp3) is 0.321. The van der Waals surface area contributed by atoms with Gasteiger partial charge in [-0.1, -0.05) is 6.07 Å². The summed E-state index contributed by atoms with van der Waals surface area (Å²) in [7, 11) is 0. The first-order valence-corrected chi connectivity index (χ1v) is 13.6. The number of ether oxygens (including phenoxy) is 1. The third kappa shape index (κ3) is 5.20. The molecule has 4 N–H and O–H groups in total. The number of nitrogens with one attached hydrogen (secondary N) is 2. The molecule has 2 fully saturated rings. The lowest BCUT2D eigenvalue weighted by molar-refractivity contribution is 0.113. The number of pyridine rings is 2. The Balaban J connectivity index is 1.15. The van der Waals surface area contributed by atoms with Crippen LogP contribution in [0.1, 0.15) is 24.8 Å². The summed E-state index contributed by atoms with van der Waals surface area (Å²) in [6.07, 6.45) is 7.44. The van der Waals surface area contributed by atoms with Crippen molar-refractivity contribution in [2.75, 3.05) is 31.5 Å². The van der Waals surface area contributed by atoms with Crippen LogP contribution in [0.3, 0.4) is 0 Å². The van der Waals surface area contributed by atoms with Crippen molar-refractivity contribution >= 4 is 33.3 Å². The van der Waals surface area contributed by atoms with Crippen molar-refractivity contribution < 1.29 is 13.9 Å². The van der Waals surface area contributed by atoms with E-state index in [9.17, 15) is 9.18 Å². The quantitative estimate of drug-likeness (QED) is 0.309. The average Bonchev–Trinajstić information content (AvgIpc) is 3.55. The minimum absolute atomic E-state index is 0.0396. The number of anilines is 1. The van der Waals surface area contributed by atoms with Crippen LogP contribution in [0.5, 0.6) is 11.5 Å². The molecule has 2 aliphatic heterocycles. The fourth-order valence-corrected chi connectivity index (χ4v) is 6.42. The van der Waals surface area contributed by atoms with E-state index in [0.29, 0.717) is 11.2 Å². The number of piperidine rings is 1. The van der Waals surface area contributed by atoms with Gasteiger partial charge in [0.25, 0.3) is 0 Å². The number of benzene rings is 1. The van der Waals surface area contributed by atoms with Crippen LogP contribution in [0.15, 0.2) is 54.9 Å². The number of thiophene rings is 1. The Hall–Kier alpha value is -3.60. The van der Waals surface area contributed by atoms with Crippen molar-refractivity contribution in [3.63, 3.8) is 0 Å². The number of halogens is 1. The van der Waals surface area contributed by atoms with Crippen molar-refractivity contribution in [3.8, 4) is 22.1 Å². The number of aromatic nitrogens is 2. The number of nitrogens with two attached hydrogens (primary N) is 1. The Morgan fingerprint density at radius 2 is 2.00 bits per heavy atom. The van der Waals surface area contributed by atoms with Gasteiger partial charge in [-0.05, 0) is 74.1 Å². The molecule has 196 valence electrons. The van der Waals surface area contributed by atoms with Gasteiger partial charge in [-0.2, -0.15) is 0 Å².